The van der Waals surface area contributed by atoms with E-state index in [-0.39, 0.29) is 23.7 Å². The molecule has 1 unspecified atom stereocenters. The molecular weight excluding hydrogens is 502 g/mol. The predicted molar refractivity (Wildman–Crippen MR) is 149 cm³/mol. The second-order valence-electron chi connectivity index (χ2n) is 9.84. The highest BCUT2D eigenvalue weighted by molar-refractivity contribution is 7.99. The van der Waals surface area contributed by atoms with E-state index in [1.54, 1.807) is 17.4 Å². The Balaban J connectivity index is 1.40. The second kappa shape index (κ2) is 12.0. The van der Waals surface area contributed by atoms with Crippen molar-refractivity contribution >= 4 is 34.0 Å². The highest BCUT2D eigenvalue weighted by Gasteiger charge is 2.34. The molecule has 4 rings (SSSR count). The summed E-state index contributed by atoms with van der Waals surface area (Å²) in [4.78, 5) is 14.1. The van der Waals surface area contributed by atoms with E-state index in [1.807, 2.05) is 34.9 Å². The molecule has 0 bridgehead atoms. The Morgan fingerprint density at radius 1 is 1.38 bits per heavy atom. The second-order valence-corrected chi connectivity index (χ2v) is 11.9. The van der Waals surface area contributed by atoms with Crippen molar-refractivity contribution in [2.75, 3.05) is 11.1 Å². The molecule has 1 atom stereocenters. The van der Waals surface area contributed by atoms with Crippen molar-refractivity contribution in [1.82, 2.24) is 14.8 Å². The van der Waals surface area contributed by atoms with Gasteiger partial charge in [0.1, 0.15) is 23.4 Å². The Morgan fingerprint density at radius 2 is 2.16 bits per heavy atom. The molecule has 3 aromatic rings. The third kappa shape index (κ3) is 6.25. The van der Waals surface area contributed by atoms with Gasteiger partial charge in [-0.25, -0.2) is 0 Å². The van der Waals surface area contributed by atoms with Gasteiger partial charge in [-0.2, -0.15) is 5.26 Å². The Labute approximate surface area is 226 Å². The van der Waals surface area contributed by atoms with Crippen LogP contribution in [-0.2, 0) is 30.8 Å². The summed E-state index contributed by atoms with van der Waals surface area (Å²) in [5.74, 6) is 1.99. The summed E-state index contributed by atoms with van der Waals surface area (Å²) in [6.07, 6.45) is 5.84. The van der Waals surface area contributed by atoms with Crippen LogP contribution in [0.25, 0.3) is 0 Å². The number of anilines is 1. The lowest BCUT2D eigenvalue weighted by molar-refractivity contribution is -0.113. The fourth-order valence-corrected chi connectivity index (χ4v) is 6.61. The van der Waals surface area contributed by atoms with Crippen molar-refractivity contribution < 1.29 is 9.53 Å². The Morgan fingerprint density at radius 3 is 2.86 bits per heavy atom. The standard InChI is InChI=1S/C28H33N5O2S2/c1-5-14-33-24(17-35-20-10-8-7-9-11-20)31-32-27(33)36-18-25(34)30-26-22(16-29)21-13-12-19(15-23(21)37-26)28(3,4)6-2/h5,7-11,19H,1,6,12-15,17-18H2,2-4H3,(H,30,34). The fourth-order valence-electron chi connectivity index (χ4n) is 4.55. The van der Waals surface area contributed by atoms with Crippen molar-refractivity contribution in [2.24, 2.45) is 11.3 Å². The van der Waals surface area contributed by atoms with Crippen LogP contribution in [0, 0.1) is 22.7 Å². The number of nitrogens with one attached hydrogen (secondary N) is 1. The fraction of sp³-hybridized carbons (Fsp3) is 0.429. The minimum absolute atomic E-state index is 0.160. The van der Waals surface area contributed by atoms with Crippen LogP contribution in [-0.4, -0.2) is 26.4 Å². The SMILES string of the molecule is C=CCn1c(COc2ccccc2)nnc1SCC(=O)Nc1sc2c(c1C#N)CCC(C(C)(C)CC)C2. The average Bonchev–Trinajstić information content (AvgIpc) is 3.46. The summed E-state index contributed by atoms with van der Waals surface area (Å²) in [5.41, 5.74) is 2.01. The van der Waals surface area contributed by atoms with Gasteiger partial charge in [-0.05, 0) is 48.3 Å². The first-order chi connectivity index (χ1) is 17.9. The molecule has 9 heteroatoms. The summed E-state index contributed by atoms with van der Waals surface area (Å²) in [5, 5.41) is 22.7. The molecule has 1 aliphatic carbocycles. The number of fused-ring (bicyclic) bond motifs is 1. The molecule has 0 saturated carbocycles. The first-order valence-corrected chi connectivity index (χ1v) is 14.3. The minimum atomic E-state index is -0.166. The van der Waals surface area contributed by atoms with E-state index >= 15 is 0 Å². The largest absolute Gasteiger partial charge is 0.486 e. The van der Waals surface area contributed by atoms with E-state index in [1.165, 1.54) is 16.6 Å². The van der Waals surface area contributed by atoms with Crippen LogP contribution in [0.5, 0.6) is 5.75 Å². The summed E-state index contributed by atoms with van der Waals surface area (Å²) in [6.45, 7) is 11.5. The zero-order valence-corrected chi connectivity index (χ0v) is 23.3. The van der Waals surface area contributed by atoms with Gasteiger partial charge in [-0.1, -0.05) is 63.2 Å². The van der Waals surface area contributed by atoms with Gasteiger partial charge in [0.25, 0.3) is 0 Å². The lowest BCUT2D eigenvalue weighted by Gasteiger charge is -2.36. The number of carbonyl (C=O) groups is 1. The highest BCUT2D eigenvalue weighted by atomic mass is 32.2. The van der Waals surface area contributed by atoms with Gasteiger partial charge >= 0.3 is 0 Å². The van der Waals surface area contributed by atoms with E-state index in [2.05, 4.69) is 48.9 Å². The van der Waals surface area contributed by atoms with Gasteiger partial charge in [0.2, 0.25) is 5.91 Å². The number of amides is 1. The molecule has 0 aliphatic heterocycles. The van der Waals surface area contributed by atoms with Gasteiger partial charge in [0.05, 0.1) is 11.3 Å². The maximum absolute atomic E-state index is 12.9. The molecule has 0 saturated heterocycles. The number of ether oxygens (including phenoxy) is 1. The summed E-state index contributed by atoms with van der Waals surface area (Å²) < 4.78 is 7.72. The first kappa shape index (κ1) is 27.0. The number of thiophene rings is 1. The number of thioether (sulfide) groups is 1. The third-order valence-corrected chi connectivity index (χ3v) is 9.33. The number of nitriles is 1. The first-order valence-electron chi connectivity index (χ1n) is 12.5. The molecule has 0 spiro atoms. The Hall–Kier alpha value is -3.09. The van der Waals surface area contributed by atoms with Crippen LogP contribution < -0.4 is 10.1 Å². The minimum Gasteiger partial charge on any atom is -0.486 e. The van der Waals surface area contributed by atoms with Crippen molar-refractivity contribution in [3.05, 3.63) is 64.8 Å². The van der Waals surface area contributed by atoms with Gasteiger partial charge in [0.15, 0.2) is 11.0 Å². The number of carbonyl (C=O) groups excluding carboxylic acids is 1. The van der Waals surface area contributed by atoms with E-state index in [4.69, 9.17) is 4.74 Å². The van der Waals surface area contributed by atoms with Gasteiger partial charge in [0, 0.05) is 11.4 Å². The number of hydrogen-bond donors (Lipinski definition) is 1. The molecule has 2 heterocycles. The average molecular weight is 536 g/mol. The number of hydrogen-bond acceptors (Lipinski definition) is 7. The van der Waals surface area contributed by atoms with Crippen molar-refractivity contribution in [1.29, 1.82) is 5.26 Å². The number of para-hydroxylation sites is 1. The Kier molecular flexibility index (Phi) is 8.72. The molecule has 0 radical (unpaired) electrons. The molecule has 37 heavy (non-hydrogen) atoms. The Bertz CT molecular complexity index is 1290. The molecule has 1 amide bonds. The van der Waals surface area contributed by atoms with Crippen LogP contribution in [0.4, 0.5) is 5.00 Å². The normalized spacial score (nSPS) is 15.0. The van der Waals surface area contributed by atoms with Crippen molar-refractivity contribution in [3.8, 4) is 11.8 Å². The summed E-state index contributed by atoms with van der Waals surface area (Å²) in [7, 11) is 0. The van der Waals surface area contributed by atoms with E-state index < -0.39 is 0 Å². The third-order valence-electron chi connectivity index (χ3n) is 7.20. The maximum Gasteiger partial charge on any atom is 0.235 e. The predicted octanol–water partition coefficient (Wildman–Crippen LogP) is 6.25. The molecule has 1 aliphatic rings. The quantitative estimate of drug-likeness (QED) is 0.230. The molecule has 194 valence electrons. The lowest BCUT2D eigenvalue weighted by Crippen LogP contribution is -2.28. The molecule has 0 fully saturated rings. The molecule has 7 nitrogen and oxygen atoms in total. The molecule has 1 aromatic carbocycles. The number of allylic oxidation sites excluding steroid dienone is 1. The number of nitrogens with zero attached hydrogens (tertiary/aromatic N) is 4. The summed E-state index contributed by atoms with van der Waals surface area (Å²) >= 11 is 2.87. The van der Waals surface area contributed by atoms with Gasteiger partial charge < -0.3 is 10.1 Å². The number of rotatable bonds is 11. The van der Waals surface area contributed by atoms with Crippen molar-refractivity contribution in [2.45, 2.75) is 64.8 Å². The van der Waals surface area contributed by atoms with Gasteiger partial charge in [-0.3, -0.25) is 9.36 Å². The zero-order chi connectivity index (χ0) is 26.4. The van der Waals surface area contributed by atoms with E-state index in [0.717, 1.165) is 37.0 Å². The van der Waals surface area contributed by atoms with Crippen LogP contribution in [0.1, 0.15) is 55.4 Å². The van der Waals surface area contributed by atoms with E-state index in [0.29, 0.717) is 34.0 Å². The topological polar surface area (TPSA) is 92.8 Å². The van der Waals surface area contributed by atoms with Crippen LogP contribution in [0.3, 0.4) is 0 Å². The molecular formula is C28H33N5O2S2. The van der Waals surface area contributed by atoms with Crippen molar-refractivity contribution in [3.63, 3.8) is 0 Å². The maximum atomic E-state index is 12.9. The molecule has 1 N–H and O–H groups in total. The highest BCUT2D eigenvalue weighted by Crippen LogP contribution is 2.45. The number of benzene rings is 1. The zero-order valence-electron chi connectivity index (χ0n) is 21.6. The van der Waals surface area contributed by atoms with Crippen LogP contribution in [0.15, 0.2) is 48.1 Å². The molecule has 2 aromatic heterocycles. The van der Waals surface area contributed by atoms with E-state index in [9.17, 15) is 10.1 Å². The monoisotopic (exact) mass is 535 g/mol. The van der Waals surface area contributed by atoms with Crippen LogP contribution in [0.2, 0.25) is 0 Å². The summed E-state index contributed by atoms with van der Waals surface area (Å²) in [6, 6.07) is 11.9. The van der Waals surface area contributed by atoms with Gasteiger partial charge in [-0.15, -0.1) is 28.1 Å². The smallest absolute Gasteiger partial charge is 0.235 e. The lowest BCUT2D eigenvalue weighted by atomic mass is 9.69. The number of aromatic nitrogens is 3. The van der Waals surface area contributed by atoms with Crippen LogP contribution >= 0.6 is 23.1 Å².